The standard InChI is InChI=1S/C25H34N6O2/c1-18(2)13-16-30-21-22(27-24(30)29-14-8-12-20(26)17-29)28(3)25(33)31(23(21)32)15-7-11-19-9-5-4-6-10-19/h4-6,9-10,13,20H,7-8,11-12,14-17,26H2,1-3H3. The number of hydrogen-bond acceptors (Lipinski definition) is 5. The van der Waals surface area contributed by atoms with Crippen LogP contribution in [0.15, 0.2) is 51.6 Å². The van der Waals surface area contributed by atoms with Crippen LogP contribution in [0, 0.1) is 0 Å². The fourth-order valence-electron chi connectivity index (χ4n) is 4.52. The molecule has 1 aliphatic heterocycles. The van der Waals surface area contributed by atoms with Crippen LogP contribution in [-0.4, -0.2) is 37.8 Å². The Kier molecular flexibility index (Phi) is 6.83. The highest BCUT2D eigenvalue weighted by Gasteiger charge is 2.25. The summed E-state index contributed by atoms with van der Waals surface area (Å²) in [5.74, 6) is 0.715. The maximum atomic E-state index is 13.6. The molecule has 3 heterocycles. The largest absolute Gasteiger partial charge is 0.341 e. The number of nitrogens with zero attached hydrogens (tertiary/aromatic N) is 5. The van der Waals surface area contributed by atoms with Gasteiger partial charge in [-0.05, 0) is 45.1 Å². The van der Waals surface area contributed by atoms with Gasteiger partial charge in [0.1, 0.15) is 0 Å². The van der Waals surface area contributed by atoms with Gasteiger partial charge >= 0.3 is 5.69 Å². The molecule has 0 aliphatic carbocycles. The summed E-state index contributed by atoms with van der Waals surface area (Å²) in [5, 5.41) is 0. The average Bonchev–Trinajstić information content (AvgIpc) is 3.19. The van der Waals surface area contributed by atoms with Crippen molar-refractivity contribution >= 4 is 17.1 Å². The van der Waals surface area contributed by atoms with Crippen LogP contribution >= 0.6 is 0 Å². The Labute approximate surface area is 194 Å². The third-order valence-electron chi connectivity index (χ3n) is 6.33. The topological polar surface area (TPSA) is 91.1 Å². The van der Waals surface area contributed by atoms with E-state index in [1.807, 2.05) is 36.6 Å². The van der Waals surface area contributed by atoms with E-state index in [-0.39, 0.29) is 17.3 Å². The summed E-state index contributed by atoms with van der Waals surface area (Å²) in [6.45, 7) is 6.49. The molecule has 1 atom stereocenters. The molecule has 33 heavy (non-hydrogen) atoms. The smallest absolute Gasteiger partial charge is 0.332 e. The fourth-order valence-corrected chi connectivity index (χ4v) is 4.52. The average molecular weight is 451 g/mol. The van der Waals surface area contributed by atoms with Crippen molar-refractivity contribution in [3.63, 3.8) is 0 Å². The van der Waals surface area contributed by atoms with E-state index in [9.17, 15) is 9.59 Å². The molecule has 176 valence electrons. The van der Waals surface area contributed by atoms with E-state index < -0.39 is 0 Å². The molecule has 1 fully saturated rings. The van der Waals surface area contributed by atoms with Crippen molar-refractivity contribution in [3.05, 3.63) is 68.4 Å². The predicted octanol–water partition coefficient (Wildman–Crippen LogP) is 2.42. The summed E-state index contributed by atoms with van der Waals surface area (Å²) in [4.78, 5) is 33.6. The highest BCUT2D eigenvalue weighted by atomic mass is 16.2. The molecule has 2 N–H and O–H groups in total. The first-order valence-corrected chi connectivity index (χ1v) is 11.7. The number of aromatic nitrogens is 4. The Bertz CT molecular complexity index is 1260. The van der Waals surface area contributed by atoms with Gasteiger partial charge in [0.05, 0.1) is 0 Å². The third-order valence-corrected chi connectivity index (χ3v) is 6.33. The highest BCUT2D eigenvalue weighted by molar-refractivity contribution is 5.74. The first-order valence-electron chi connectivity index (χ1n) is 11.7. The predicted molar refractivity (Wildman–Crippen MR) is 133 cm³/mol. The Balaban J connectivity index is 1.77. The van der Waals surface area contributed by atoms with Gasteiger partial charge in [-0.25, -0.2) is 4.79 Å². The second-order valence-electron chi connectivity index (χ2n) is 9.21. The Morgan fingerprint density at radius 3 is 2.64 bits per heavy atom. The molecular formula is C25H34N6O2. The van der Waals surface area contributed by atoms with Crippen molar-refractivity contribution in [1.29, 1.82) is 0 Å². The second kappa shape index (κ2) is 9.79. The number of fused-ring (bicyclic) bond motifs is 1. The summed E-state index contributed by atoms with van der Waals surface area (Å²) >= 11 is 0. The van der Waals surface area contributed by atoms with Crippen LogP contribution in [0.5, 0.6) is 0 Å². The molecule has 0 spiro atoms. The zero-order chi connectivity index (χ0) is 23.5. The van der Waals surface area contributed by atoms with Crippen molar-refractivity contribution < 1.29 is 0 Å². The van der Waals surface area contributed by atoms with E-state index in [0.29, 0.717) is 43.2 Å². The van der Waals surface area contributed by atoms with Gasteiger partial charge in [0.15, 0.2) is 11.2 Å². The summed E-state index contributed by atoms with van der Waals surface area (Å²) in [7, 11) is 1.70. The summed E-state index contributed by atoms with van der Waals surface area (Å²) in [6, 6.07) is 10.2. The van der Waals surface area contributed by atoms with Crippen LogP contribution in [0.2, 0.25) is 0 Å². The number of hydrogen-bond donors (Lipinski definition) is 1. The van der Waals surface area contributed by atoms with Crippen molar-refractivity contribution in [1.82, 2.24) is 18.7 Å². The third kappa shape index (κ3) is 4.80. The summed E-state index contributed by atoms with van der Waals surface area (Å²) < 4.78 is 4.82. The van der Waals surface area contributed by atoms with Gasteiger partial charge in [0, 0.05) is 39.3 Å². The maximum absolute atomic E-state index is 13.6. The molecule has 0 saturated carbocycles. The van der Waals surface area contributed by atoms with Gasteiger partial charge in [0.2, 0.25) is 5.95 Å². The lowest BCUT2D eigenvalue weighted by molar-refractivity contribution is 0.495. The van der Waals surface area contributed by atoms with Gasteiger partial charge in [-0.3, -0.25) is 13.9 Å². The Morgan fingerprint density at radius 2 is 1.94 bits per heavy atom. The molecule has 2 aromatic heterocycles. The normalized spacial score (nSPS) is 16.4. The van der Waals surface area contributed by atoms with Gasteiger partial charge in [0.25, 0.3) is 5.56 Å². The highest BCUT2D eigenvalue weighted by Crippen LogP contribution is 2.23. The zero-order valence-corrected chi connectivity index (χ0v) is 19.8. The van der Waals surface area contributed by atoms with E-state index in [1.54, 1.807) is 7.05 Å². The number of anilines is 1. The van der Waals surface area contributed by atoms with E-state index in [2.05, 4.69) is 23.1 Å². The first kappa shape index (κ1) is 23.0. The van der Waals surface area contributed by atoms with Crippen molar-refractivity contribution in [3.8, 4) is 0 Å². The quantitative estimate of drug-likeness (QED) is 0.558. The van der Waals surface area contributed by atoms with Crippen molar-refractivity contribution in [2.75, 3.05) is 18.0 Å². The van der Waals surface area contributed by atoms with E-state index in [0.717, 1.165) is 31.4 Å². The molecule has 0 radical (unpaired) electrons. The van der Waals surface area contributed by atoms with Crippen molar-refractivity contribution in [2.45, 2.75) is 58.7 Å². The number of piperidine rings is 1. The van der Waals surface area contributed by atoms with Crippen molar-refractivity contribution in [2.24, 2.45) is 12.8 Å². The molecule has 1 aromatic carbocycles. The summed E-state index contributed by atoms with van der Waals surface area (Å²) in [6.07, 6.45) is 5.56. The fraction of sp³-hybridized carbons (Fsp3) is 0.480. The monoisotopic (exact) mass is 450 g/mol. The number of rotatable bonds is 7. The molecule has 1 aliphatic rings. The zero-order valence-electron chi connectivity index (χ0n) is 19.8. The molecule has 1 unspecified atom stereocenters. The first-order chi connectivity index (χ1) is 15.9. The molecule has 0 bridgehead atoms. The molecule has 4 rings (SSSR count). The van der Waals surface area contributed by atoms with Crippen LogP contribution in [-0.2, 0) is 26.6 Å². The van der Waals surface area contributed by atoms with Crippen LogP contribution in [0.3, 0.4) is 0 Å². The Morgan fingerprint density at radius 1 is 1.18 bits per heavy atom. The second-order valence-corrected chi connectivity index (χ2v) is 9.21. The van der Waals surface area contributed by atoms with Crippen LogP contribution in [0.25, 0.3) is 11.2 Å². The molecule has 0 amide bonds. The minimum atomic E-state index is -0.325. The maximum Gasteiger partial charge on any atom is 0.332 e. The molecule has 1 saturated heterocycles. The van der Waals surface area contributed by atoms with E-state index in [4.69, 9.17) is 10.7 Å². The van der Waals surface area contributed by atoms with Crippen LogP contribution < -0.4 is 21.9 Å². The molecule has 8 nitrogen and oxygen atoms in total. The number of aryl methyl sites for hydroxylation is 2. The molecule has 8 heteroatoms. The van der Waals surface area contributed by atoms with Gasteiger partial charge in [-0.1, -0.05) is 42.0 Å². The minimum absolute atomic E-state index is 0.0777. The lowest BCUT2D eigenvalue weighted by atomic mass is 10.1. The lowest BCUT2D eigenvalue weighted by Gasteiger charge is -2.31. The van der Waals surface area contributed by atoms with E-state index >= 15 is 0 Å². The summed E-state index contributed by atoms with van der Waals surface area (Å²) in [5.41, 5.74) is 8.89. The number of benzene rings is 1. The Hall–Kier alpha value is -3.13. The molecular weight excluding hydrogens is 416 g/mol. The lowest BCUT2D eigenvalue weighted by Crippen LogP contribution is -2.44. The van der Waals surface area contributed by atoms with E-state index in [1.165, 1.54) is 14.7 Å². The van der Waals surface area contributed by atoms with Crippen LogP contribution in [0.1, 0.15) is 38.7 Å². The molecule has 3 aromatic rings. The van der Waals surface area contributed by atoms with Gasteiger partial charge in [-0.2, -0.15) is 4.98 Å². The number of imidazole rings is 1. The number of nitrogens with two attached hydrogens (primary N) is 1. The number of allylic oxidation sites excluding steroid dienone is 2. The van der Waals surface area contributed by atoms with Crippen LogP contribution in [0.4, 0.5) is 5.95 Å². The minimum Gasteiger partial charge on any atom is -0.341 e. The SMILES string of the molecule is CC(C)=CCn1c(N2CCCC(N)C2)nc2c1c(=O)n(CCCc1ccccc1)c(=O)n2C. The van der Waals surface area contributed by atoms with Gasteiger partial charge < -0.3 is 15.2 Å². The van der Waals surface area contributed by atoms with Gasteiger partial charge in [-0.15, -0.1) is 0 Å².